The number of aromatic nitrogens is 2. The van der Waals surface area contributed by atoms with Crippen molar-refractivity contribution in [2.75, 3.05) is 6.54 Å². The molecule has 0 radical (unpaired) electrons. The molecule has 0 unspecified atom stereocenters. The van der Waals surface area contributed by atoms with Gasteiger partial charge >= 0.3 is 0 Å². The van der Waals surface area contributed by atoms with Gasteiger partial charge in [0, 0.05) is 18.5 Å². The molecule has 0 saturated carbocycles. The molecule has 0 atom stereocenters. The predicted molar refractivity (Wildman–Crippen MR) is 64.5 cm³/mol. The Morgan fingerprint density at radius 2 is 2.35 bits per heavy atom. The summed E-state index contributed by atoms with van der Waals surface area (Å²) in [6.07, 6.45) is 1.83. The fourth-order valence-electron chi connectivity index (χ4n) is 2.24. The highest BCUT2D eigenvalue weighted by molar-refractivity contribution is 5.61. The van der Waals surface area contributed by atoms with E-state index in [1.165, 1.54) is 11.1 Å². The van der Waals surface area contributed by atoms with E-state index in [1.54, 1.807) is 0 Å². The van der Waals surface area contributed by atoms with Crippen LogP contribution in [0.25, 0.3) is 11.5 Å². The number of hydrogen-bond donors (Lipinski definition) is 1. The van der Waals surface area contributed by atoms with E-state index in [9.17, 15) is 0 Å². The molecule has 0 spiro atoms. The molecule has 1 aliphatic heterocycles. The van der Waals surface area contributed by atoms with Gasteiger partial charge in [-0.05, 0) is 30.2 Å². The first-order valence-electron chi connectivity index (χ1n) is 6.03. The van der Waals surface area contributed by atoms with Crippen molar-refractivity contribution in [1.29, 1.82) is 0 Å². The minimum absolute atomic E-state index is 0.653. The van der Waals surface area contributed by atoms with Crippen LogP contribution >= 0.6 is 0 Å². The standard InChI is InChI=1S/C13H15N3O/c1-2-12-15-13(17-16-12)11-5-3-4-9-8-14-7-6-10(9)11/h3-5,14H,2,6-8H2,1H3. The maximum Gasteiger partial charge on any atom is 0.258 e. The Bertz CT molecular complexity index is 533. The fourth-order valence-corrected chi connectivity index (χ4v) is 2.24. The summed E-state index contributed by atoms with van der Waals surface area (Å²) < 4.78 is 5.33. The second kappa shape index (κ2) is 4.30. The summed E-state index contributed by atoms with van der Waals surface area (Å²) in [6, 6.07) is 6.27. The second-order valence-electron chi connectivity index (χ2n) is 4.24. The Hall–Kier alpha value is -1.68. The summed E-state index contributed by atoms with van der Waals surface area (Å²) in [5.41, 5.74) is 3.78. The molecule has 4 nitrogen and oxygen atoms in total. The number of nitrogens with one attached hydrogen (secondary N) is 1. The Kier molecular flexibility index (Phi) is 2.65. The van der Waals surface area contributed by atoms with Gasteiger partial charge in [-0.1, -0.05) is 24.2 Å². The van der Waals surface area contributed by atoms with E-state index < -0.39 is 0 Å². The summed E-state index contributed by atoms with van der Waals surface area (Å²) in [5, 5.41) is 7.33. The molecule has 0 saturated heterocycles. The second-order valence-corrected chi connectivity index (χ2v) is 4.24. The molecule has 1 aromatic carbocycles. The SMILES string of the molecule is CCc1noc(-c2cccc3c2CCNC3)n1. The van der Waals surface area contributed by atoms with E-state index in [1.807, 2.05) is 6.92 Å². The number of nitrogens with zero attached hydrogens (tertiary/aromatic N) is 2. The lowest BCUT2D eigenvalue weighted by Gasteiger charge is -2.18. The average molecular weight is 229 g/mol. The van der Waals surface area contributed by atoms with E-state index in [0.29, 0.717) is 5.89 Å². The minimum atomic E-state index is 0.653. The lowest BCUT2D eigenvalue weighted by Crippen LogP contribution is -2.24. The molecular formula is C13H15N3O. The summed E-state index contributed by atoms with van der Waals surface area (Å²) in [6.45, 7) is 3.97. The van der Waals surface area contributed by atoms with Crippen LogP contribution in [-0.2, 0) is 19.4 Å². The van der Waals surface area contributed by atoms with Crippen molar-refractivity contribution in [2.45, 2.75) is 26.3 Å². The van der Waals surface area contributed by atoms with E-state index in [4.69, 9.17) is 4.52 Å². The van der Waals surface area contributed by atoms with Gasteiger partial charge in [-0.25, -0.2) is 0 Å². The number of aryl methyl sites for hydroxylation is 1. The van der Waals surface area contributed by atoms with Crippen molar-refractivity contribution in [3.05, 3.63) is 35.2 Å². The summed E-state index contributed by atoms with van der Waals surface area (Å²) >= 11 is 0. The van der Waals surface area contributed by atoms with E-state index in [-0.39, 0.29) is 0 Å². The molecule has 0 aliphatic carbocycles. The van der Waals surface area contributed by atoms with Crippen LogP contribution < -0.4 is 5.32 Å². The van der Waals surface area contributed by atoms with Crippen LogP contribution in [-0.4, -0.2) is 16.7 Å². The first kappa shape index (κ1) is 10.5. The van der Waals surface area contributed by atoms with Gasteiger partial charge < -0.3 is 9.84 Å². The highest BCUT2D eigenvalue weighted by atomic mass is 16.5. The molecule has 0 bridgehead atoms. The highest BCUT2D eigenvalue weighted by Gasteiger charge is 2.17. The van der Waals surface area contributed by atoms with Gasteiger partial charge in [0.2, 0.25) is 0 Å². The van der Waals surface area contributed by atoms with Crippen LogP contribution in [0.4, 0.5) is 0 Å². The Labute approximate surface area is 100 Å². The molecule has 3 rings (SSSR count). The number of benzene rings is 1. The first-order valence-corrected chi connectivity index (χ1v) is 6.03. The molecule has 2 aromatic rings. The maximum absolute atomic E-state index is 5.33. The Morgan fingerprint density at radius 3 is 3.18 bits per heavy atom. The molecule has 88 valence electrons. The van der Waals surface area contributed by atoms with Crippen LogP contribution in [0.3, 0.4) is 0 Å². The molecular weight excluding hydrogens is 214 g/mol. The Morgan fingerprint density at radius 1 is 1.41 bits per heavy atom. The van der Waals surface area contributed by atoms with Crippen molar-refractivity contribution in [2.24, 2.45) is 0 Å². The van der Waals surface area contributed by atoms with Gasteiger partial charge in [0.05, 0.1) is 0 Å². The van der Waals surface area contributed by atoms with Crippen LogP contribution in [0.15, 0.2) is 22.7 Å². The smallest absolute Gasteiger partial charge is 0.258 e. The van der Waals surface area contributed by atoms with Gasteiger partial charge in [-0.2, -0.15) is 4.98 Å². The third-order valence-electron chi connectivity index (χ3n) is 3.15. The largest absolute Gasteiger partial charge is 0.334 e. The van der Waals surface area contributed by atoms with Gasteiger partial charge in [-0.3, -0.25) is 0 Å². The summed E-state index contributed by atoms with van der Waals surface area (Å²) in [5.74, 6) is 1.42. The van der Waals surface area contributed by atoms with Crippen LogP contribution in [0.5, 0.6) is 0 Å². The zero-order chi connectivity index (χ0) is 11.7. The van der Waals surface area contributed by atoms with Crippen molar-refractivity contribution < 1.29 is 4.52 Å². The monoisotopic (exact) mass is 229 g/mol. The van der Waals surface area contributed by atoms with Crippen LogP contribution in [0.2, 0.25) is 0 Å². The van der Waals surface area contributed by atoms with Crippen molar-refractivity contribution in [1.82, 2.24) is 15.5 Å². The molecule has 4 heteroatoms. The summed E-state index contributed by atoms with van der Waals surface area (Å²) in [7, 11) is 0. The fraction of sp³-hybridized carbons (Fsp3) is 0.385. The lowest BCUT2D eigenvalue weighted by atomic mass is 9.95. The van der Waals surface area contributed by atoms with E-state index in [0.717, 1.165) is 37.3 Å². The van der Waals surface area contributed by atoms with Gasteiger partial charge in [-0.15, -0.1) is 0 Å². The molecule has 1 N–H and O–H groups in total. The molecule has 0 fully saturated rings. The van der Waals surface area contributed by atoms with Crippen molar-refractivity contribution in [3.63, 3.8) is 0 Å². The van der Waals surface area contributed by atoms with E-state index >= 15 is 0 Å². The topological polar surface area (TPSA) is 51.0 Å². The number of fused-ring (bicyclic) bond motifs is 1. The van der Waals surface area contributed by atoms with Gasteiger partial charge in [0.15, 0.2) is 5.82 Å². The average Bonchev–Trinajstić information content (AvgIpc) is 2.87. The molecule has 1 aliphatic rings. The minimum Gasteiger partial charge on any atom is -0.334 e. The van der Waals surface area contributed by atoms with Crippen molar-refractivity contribution >= 4 is 0 Å². The van der Waals surface area contributed by atoms with Gasteiger partial charge in [0.25, 0.3) is 5.89 Å². The predicted octanol–water partition coefficient (Wildman–Crippen LogP) is 1.94. The lowest BCUT2D eigenvalue weighted by molar-refractivity contribution is 0.422. The Balaban J connectivity index is 2.07. The molecule has 17 heavy (non-hydrogen) atoms. The maximum atomic E-state index is 5.33. The molecule has 1 aromatic heterocycles. The zero-order valence-corrected chi connectivity index (χ0v) is 9.86. The molecule has 2 heterocycles. The number of rotatable bonds is 2. The van der Waals surface area contributed by atoms with Crippen molar-refractivity contribution in [3.8, 4) is 11.5 Å². The van der Waals surface area contributed by atoms with Crippen LogP contribution in [0, 0.1) is 0 Å². The van der Waals surface area contributed by atoms with E-state index in [2.05, 4.69) is 33.7 Å². The summed E-state index contributed by atoms with van der Waals surface area (Å²) in [4.78, 5) is 4.41. The van der Waals surface area contributed by atoms with Crippen LogP contribution in [0.1, 0.15) is 23.9 Å². The molecule has 0 amide bonds. The third kappa shape index (κ3) is 1.85. The quantitative estimate of drug-likeness (QED) is 0.855. The zero-order valence-electron chi connectivity index (χ0n) is 9.86. The third-order valence-corrected chi connectivity index (χ3v) is 3.15. The van der Waals surface area contributed by atoms with Gasteiger partial charge in [0.1, 0.15) is 0 Å². The highest BCUT2D eigenvalue weighted by Crippen LogP contribution is 2.27. The normalized spacial score (nSPS) is 14.6. The number of hydrogen-bond acceptors (Lipinski definition) is 4. The first-order chi connectivity index (χ1) is 8.38.